The molecule has 1 heterocycles. The van der Waals surface area contributed by atoms with Crippen LogP contribution in [0, 0.1) is 0 Å². The Morgan fingerprint density at radius 1 is 1.43 bits per heavy atom. The van der Waals surface area contributed by atoms with Crippen molar-refractivity contribution in [1.29, 1.82) is 0 Å². The first-order valence-electron chi connectivity index (χ1n) is 7.58. The van der Waals surface area contributed by atoms with Crippen LogP contribution < -0.4 is 5.32 Å². The Kier molecular flexibility index (Phi) is 4.57. The number of rotatable bonds is 2. The van der Waals surface area contributed by atoms with Gasteiger partial charge in [0.25, 0.3) is 0 Å². The molecule has 1 aromatic carbocycles. The van der Waals surface area contributed by atoms with Crippen LogP contribution in [0.1, 0.15) is 50.4 Å². The van der Waals surface area contributed by atoms with Gasteiger partial charge in [0.05, 0.1) is 6.04 Å². The molecule has 1 amide bonds. The second kappa shape index (κ2) is 6.06. The van der Waals surface area contributed by atoms with E-state index in [0.717, 1.165) is 13.0 Å². The van der Waals surface area contributed by atoms with Crippen LogP contribution >= 0.6 is 0 Å². The minimum Gasteiger partial charge on any atom is -0.444 e. The fourth-order valence-electron chi connectivity index (χ4n) is 2.77. The van der Waals surface area contributed by atoms with Crippen LogP contribution in [0.25, 0.3) is 0 Å². The van der Waals surface area contributed by atoms with Crippen molar-refractivity contribution >= 4 is 6.09 Å². The molecule has 1 aromatic rings. The molecule has 0 aromatic heterocycles. The van der Waals surface area contributed by atoms with E-state index in [1.165, 1.54) is 16.7 Å². The van der Waals surface area contributed by atoms with Gasteiger partial charge in [-0.2, -0.15) is 0 Å². The number of nitrogens with zero attached hydrogens (tertiary/aromatic N) is 1. The normalized spacial score (nSPS) is 18.3. The maximum absolute atomic E-state index is 12.3. The maximum atomic E-state index is 12.3. The molecule has 0 saturated carbocycles. The zero-order valence-electron chi connectivity index (χ0n) is 13.7. The van der Waals surface area contributed by atoms with Crippen LogP contribution in [-0.4, -0.2) is 30.2 Å². The molecule has 0 saturated heterocycles. The molecule has 1 unspecified atom stereocenters. The summed E-state index contributed by atoms with van der Waals surface area (Å²) >= 11 is 0. The second-order valence-corrected chi connectivity index (χ2v) is 6.66. The summed E-state index contributed by atoms with van der Waals surface area (Å²) in [6, 6.07) is 6.58. The summed E-state index contributed by atoms with van der Waals surface area (Å²) in [6.07, 6.45) is 0.663. The quantitative estimate of drug-likeness (QED) is 0.909. The number of ether oxygens (including phenoxy) is 1. The summed E-state index contributed by atoms with van der Waals surface area (Å²) in [4.78, 5) is 14.1. The number of carbonyl (C=O) groups excluding carboxylic acids is 1. The first-order chi connectivity index (χ1) is 9.81. The Morgan fingerprint density at radius 3 is 2.76 bits per heavy atom. The highest BCUT2D eigenvalue weighted by molar-refractivity contribution is 5.69. The summed E-state index contributed by atoms with van der Waals surface area (Å²) in [5.74, 6) is 0. The Labute approximate surface area is 127 Å². The lowest BCUT2D eigenvalue weighted by Gasteiger charge is -2.36. The number of carbonyl (C=O) groups is 1. The molecular weight excluding hydrogens is 264 g/mol. The third kappa shape index (κ3) is 3.76. The van der Waals surface area contributed by atoms with E-state index in [9.17, 15) is 4.79 Å². The molecule has 1 N–H and O–H groups in total. The SMILES string of the molecule is CNCc1ccc2c(c1)CCN(C(=O)OC(C)(C)C)C2C. The van der Waals surface area contributed by atoms with Gasteiger partial charge in [0.2, 0.25) is 0 Å². The van der Waals surface area contributed by atoms with Crippen molar-refractivity contribution in [2.45, 2.75) is 52.3 Å². The molecular formula is C17H26N2O2. The van der Waals surface area contributed by atoms with Gasteiger partial charge >= 0.3 is 6.09 Å². The van der Waals surface area contributed by atoms with Gasteiger partial charge in [0.1, 0.15) is 5.60 Å². The summed E-state index contributed by atoms with van der Waals surface area (Å²) in [5.41, 5.74) is 3.41. The van der Waals surface area contributed by atoms with Gasteiger partial charge in [0, 0.05) is 13.1 Å². The molecule has 4 nitrogen and oxygen atoms in total. The summed E-state index contributed by atoms with van der Waals surface area (Å²) < 4.78 is 5.50. The molecule has 0 spiro atoms. The fraction of sp³-hybridized carbons (Fsp3) is 0.588. The van der Waals surface area contributed by atoms with Gasteiger partial charge in [0.15, 0.2) is 0 Å². The maximum Gasteiger partial charge on any atom is 0.410 e. The van der Waals surface area contributed by atoms with Gasteiger partial charge < -0.3 is 15.0 Å². The lowest BCUT2D eigenvalue weighted by molar-refractivity contribution is 0.0160. The molecule has 2 rings (SSSR count). The van der Waals surface area contributed by atoms with E-state index in [1.54, 1.807) is 0 Å². The molecule has 21 heavy (non-hydrogen) atoms. The predicted molar refractivity (Wildman–Crippen MR) is 84.3 cm³/mol. The Balaban J connectivity index is 2.17. The van der Waals surface area contributed by atoms with Crippen molar-refractivity contribution in [3.05, 3.63) is 34.9 Å². The first-order valence-corrected chi connectivity index (χ1v) is 7.58. The predicted octanol–water partition coefficient (Wildman–Crippen LogP) is 3.26. The molecule has 0 aliphatic carbocycles. The number of hydrogen-bond acceptors (Lipinski definition) is 3. The lowest BCUT2D eigenvalue weighted by Crippen LogP contribution is -2.42. The standard InChI is InChI=1S/C17H26N2O2/c1-12-15-7-6-13(11-18-5)10-14(15)8-9-19(12)16(20)21-17(2,3)4/h6-7,10,12,18H,8-9,11H2,1-5H3. The summed E-state index contributed by atoms with van der Waals surface area (Å²) in [6.45, 7) is 9.36. The largest absolute Gasteiger partial charge is 0.444 e. The Morgan fingerprint density at radius 2 is 2.14 bits per heavy atom. The fourth-order valence-corrected chi connectivity index (χ4v) is 2.77. The van der Waals surface area contributed by atoms with Gasteiger partial charge in [-0.15, -0.1) is 0 Å². The first kappa shape index (κ1) is 15.8. The van der Waals surface area contributed by atoms with E-state index in [1.807, 2.05) is 32.7 Å². The van der Waals surface area contributed by atoms with Crippen molar-refractivity contribution in [2.24, 2.45) is 0 Å². The monoisotopic (exact) mass is 290 g/mol. The summed E-state index contributed by atoms with van der Waals surface area (Å²) in [5, 5.41) is 3.17. The molecule has 0 bridgehead atoms. The second-order valence-electron chi connectivity index (χ2n) is 6.66. The van der Waals surface area contributed by atoms with Crippen molar-refractivity contribution in [3.8, 4) is 0 Å². The van der Waals surface area contributed by atoms with E-state index in [-0.39, 0.29) is 12.1 Å². The minimum atomic E-state index is -0.451. The highest BCUT2D eigenvalue weighted by atomic mass is 16.6. The number of amides is 1. The van der Waals surface area contributed by atoms with Crippen molar-refractivity contribution in [2.75, 3.05) is 13.6 Å². The van der Waals surface area contributed by atoms with Gasteiger partial charge in [-0.25, -0.2) is 4.79 Å². The Hall–Kier alpha value is -1.55. The van der Waals surface area contributed by atoms with Gasteiger partial charge in [-0.3, -0.25) is 0 Å². The van der Waals surface area contributed by atoms with Crippen molar-refractivity contribution in [3.63, 3.8) is 0 Å². The van der Waals surface area contributed by atoms with Crippen molar-refractivity contribution in [1.82, 2.24) is 10.2 Å². The average Bonchev–Trinajstić information content (AvgIpc) is 2.37. The molecule has 116 valence electrons. The van der Waals surface area contributed by atoms with Gasteiger partial charge in [-0.1, -0.05) is 18.2 Å². The van der Waals surface area contributed by atoms with E-state index < -0.39 is 5.60 Å². The molecule has 1 aliphatic rings. The number of nitrogens with one attached hydrogen (secondary N) is 1. The van der Waals surface area contributed by atoms with Crippen LogP contribution in [0.3, 0.4) is 0 Å². The molecule has 0 radical (unpaired) electrons. The van der Waals surface area contributed by atoms with Crippen LogP contribution in [0.15, 0.2) is 18.2 Å². The van der Waals surface area contributed by atoms with Crippen LogP contribution in [0.4, 0.5) is 4.79 Å². The third-order valence-electron chi connectivity index (χ3n) is 3.76. The number of hydrogen-bond donors (Lipinski definition) is 1. The van der Waals surface area contributed by atoms with E-state index in [4.69, 9.17) is 4.74 Å². The van der Waals surface area contributed by atoms with Gasteiger partial charge in [-0.05, 0) is 57.9 Å². The molecule has 1 atom stereocenters. The van der Waals surface area contributed by atoms with Crippen LogP contribution in [0.2, 0.25) is 0 Å². The van der Waals surface area contributed by atoms with Crippen LogP contribution in [0.5, 0.6) is 0 Å². The highest BCUT2D eigenvalue weighted by Gasteiger charge is 2.30. The average molecular weight is 290 g/mol. The number of fused-ring (bicyclic) bond motifs is 1. The van der Waals surface area contributed by atoms with Crippen LogP contribution in [-0.2, 0) is 17.7 Å². The van der Waals surface area contributed by atoms with E-state index in [0.29, 0.717) is 6.54 Å². The topological polar surface area (TPSA) is 41.6 Å². The molecule has 1 aliphatic heterocycles. The van der Waals surface area contributed by atoms with E-state index >= 15 is 0 Å². The Bertz CT molecular complexity index is 520. The minimum absolute atomic E-state index is 0.0623. The molecule has 0 fully saturated rings. The van der Waals surface area contributed by atoms with Crippen molar-refractivity contribution < 1.29 is 9.53 Å². The number of benzene rings is 1. The lowest BCUT2D eigenvalue weighted by atomic mass is 9.92. The zero-order valence-corrected chi connectivity index (χ0v) is 13.7. The zero-order chi connectivity index (χ0) is 15.6. The summed E-state index contributed by atoms with van der Waals surface area (Å²) in [7, 11) is 1.95. The molecule has 4 heteroatoms. The third-order valence-corrected chi connectivity index (χ3v) is 3.76. The highest BCUT2D eigenvalue weighted by Crippen LogP contribution is 2.31. The smallest absolute Gasteiger partial charge is 0.410 e. The van der Waals surface area contributed by atoms with E-state index in [2.05, 4.69) is 30.4 Å².